The average Bonchev–Trinajstić information content (AvgIpc) is 2.79. The van der Waals surface area contributed by atoms with Crippen molar-refractivity contribution in [2.75, 3.05) is 7.11 Å². The van der Waals surface area contributed by atoms with Crippen LogP contribution < -0.4 is 0 Å². The molecule has 1 aliphatic heterocycles. The van der Waals surface area contributed by atoms with Gasteiger partial charge in [-0.3, -0.25) is 9.69 Å². The minimum Gasteiger partial charge on any atom is -0.469 e. The van der Waals surface area contributed by atoms with E-state index in [9.17, 15) is 14.7 Å². The van der Waals surface area contributed by atoms with Crippen LogP contribution in [0.1, 0.15) is 72.6 Å². The number of amides is 1. The molecule has 0 aromatic rings. The number of unbranched alkanes of at least 4 members (excludes halogenated alkanes) is 1. The lowest BCUT2D eigenvalue weighted by molar-refractivity contribution is -0.140. The first-order valence-corrected chi connectivity index (χ1v) is 8.95. The zero-order chi connectivity index (χ0) is 18.3. The van der Waals surface area contributed by atoms with Crippen molar-refractivity contribution in [3.05, 3.63) is 0 Å². The first kappa shape index (κ1) is 20.7. The molecule has 0 unspecified atom stereocenters. The molecule has 140 valence electrons. The summed E-state index contributed by atoms with van der Waals surface area (Å²) < 4.78 is 10.2. The Kier molecular flexibility index (Phi) is 8.00. The van der Waals surface area contributed by atoms with Crippen LogP contribution in [0.3, 0.4) is 0 Å². The lowest BCUT2D eigenvalue weighted by atomic mass is 10.0. The molecule has 6 nitrogen and oxygen atoms in total. The number of hydrogen-bond donors (Lipinski definition) is 1. The van der Waals surface area contributed by atoms with E-state index in [-0.39, 0.29) is 24.1 Å². The molecule has 1 heterocycles. The highest BCUT2D eigenvalue weighted by atomic mass is 16.6. The highest BCUT2D eigenvalue weighted by Crippen LogP contribution is 2.32. The fourth-order valence-corrected chi connectivity index (χ4v) is 3.19. The third kappa shape index (κ3) is 6.30. The number of likely N-dealkylation sites (tertiary alicyclic amines) is 1. The molecule has 0 bridgehead atoms. The Morgan fingerprint density at radius 2 is 1.88 bits per heavy atom. The molecule has 0 spiro atoms. The molecule has 0 aliphatic carbocycles. The number of hydrogen-bond acceptors (Lipinski definition) is 5. The van der Waals surface area contributed by atoms with E-state index in [4.69, 9.17) is 4.74 Å². The van der Waals surface area contributed by atoms with Gasteiger partial charge in [0.05, 0.1) is 19.3 Å². The first-order chi connectivity index (χ1) is 11.2. The number of aliphatic hydroxyl groups is 1. The molecule has 0 aromatic carbocycles. The van der Waals surface area contributed by atoms with Gasteiger partial charge >= 0.3 is 12.1 Å². The summed E-state index contributed by atoms with van der Waals surface area (Å²) in [6.07, 6.45) is 3.98. The second-order valence-corrected chi connectivity index (χ2v) is 7.52. The Bertz CT molecular complexity index is 418. The van der Waals surface area contributed by atoms with Gasteiger partial charge in [-0.2, -0.15) is 0 Å². The maximum absolute atomic E-state index is 12.6. The smallest absolute Gasteiger partial charge is 0.410 e. The summed E-state index contributed by atoms with van der Waals surface area (Å²) in [6, 6.07) is -0.302. The van der Waals surface area contributed by atoms with Gasteiger partial charge in [-0.05, 0) is 46.5 Å². The fourth-order valence-electron chi connectivity index (χ4n) is 3.19. The van der Waals surface area contributed by atoms with Gasteiger partial charge < -0.3 is 14.6 Å². The lowest BCUT2D eigenvalue weighted by Crippen LogP contribution is -2.46. The van der Waals surface area contributed by atoms with Gasteiger partial charge in [-0.25, -0.2) is 4.79 Å². The van der Waals surface area contributed by atoms with Gasteiger partial charge in [0, 0.05) is 12.5 Å². The number of methoxy groups -OCH3 is 1. The number of esters is 1. The number of ether oxygens (including phenoxy) is 2. The predicted molar refractivity (Wildman–Crippen MR) is 91.7 cm³/mol. The molecule has 0 saturated carbocycles. The Morgan fingerprint density at radius 3 is 2.42 bits per heavy atom. The fraction of sp³-hybridized carbons (Fsp3) is 0.889. The molecule has 24 heavy (non-hydrogen) atoms. The molecular formula is C18H33NO5. The molecule has 1 N–H and O–H groups in total. The van der Waals surface area contributed by atoms with E-state index in [0.717, 1.165) is 19.3 Å². The quantitative estimate of drug-likeness (QED) is 0.718. The third-order valence-electron chi connectivity index (χ3n) is 4.31. The van der Waals surface area contributed by atoms with E-state index in [2.05, 4.69) is 11.7 Å². The third-order valence-corrected chi connectivity index (χ3v) is 4.31. The summed E-state index contributed by atoms with van der Waals surface area (Å²) in [5.74, 6) is -0.270. The molecule has 6 heteroatoms. The number of nitrogens with zero attached hydrogens (tertiary/aromatic N) is 1. The highest BCUT2D eigenvalue weighted by molar-refractivity contribution is 5.70. The van der Waals surface area contributed by atoms with Gasteiger partial charge in [0.15, 0.2) is 0 Å². The Hall–Kier alpha value is -1.30. The van der Waals surface area contributed by atoms with E-state index in [1.807, 2.05) is 20.8 Å². The highest BCUT2D eigenvalue weighted by Gasteiger charge is 2.43. The van der Waals surface area contributed by atoms with Gasteiger partial charge in [-0.15, -0.1) is 0 Å². The van der Waals surface area contributed by atoms with Crippen LogP contribution in [0.5, 0.6) is 0 Å². The Labute approximate surface area is 145 Å². The van der Waals surface area contributed by atoms with E-state index in [1.165, 1.54) is 7.11 Å². The van der Waals surface area contributed by atoms with Crippen molar-refractivity contribution in [2.45, 2.75) is 96.4 Å². The number of aliphatic hydroxyl groups excluding tert-OH is 1. The SMILES string of the molecule is CCCC[C@@H]1C[C@H](O)[C@@H](CCCC(=O)OC)N1C(=O)OC(C)(C)C. The van der Waals surface area contributed by atoms with Crippen molar-refractivity contribution in [1.29, 1.82) is 0 Å². The number of carbonyl (C=O) groups excluding carboxylic acids is 2. The Balaban J connectivity index is 2.79. The maximum Gasteiger partial charge on any atom is 0.410 e. The van der Waals surface area contributed by atoms with Crippen LogP contribution in [-0.4, -0.2) is 53.0 Å². The number of carbonyl (C=O) groups is 2. The Morgan fingerprint density at radius 1 is 1.21 bits per heavy atom. The molecule has 3 atom stereocenters. The predicted octanol–water partition coefficient (Wildman–Crippen LogP) is 3.26. The van der Waals surface area contributed by atoms with Gasteiger partial charge in [-0.1, -0.05) is 19.8 Å². The van der Waals surface area contributed by atoms with Crippen LogP contribution in [-0.2, 0) is 14.3 Å². The minimum absolute atomic E-state index is 0.00192. The van der Waals surface area contributed by atoms with Crippen LogP contribution >= 0.6 is 0 Å². The zero-order valence-electron chi connectivity index (χ0n) is 15.7. The minimum atomic E-state index is -0.573. The van der Waals surface area contributed by atoms with Crippen molar-refractivity contribution in [3.8, 4) is 0 Å². The molecule has 1 saturated heterocycles. The standard InChI is InChI=1S/C18H33NO5/c1-6-7-9-13-12-15(20)14(10-8-11-16(21)23-5)19(13)17(22)24-18(2,3)4/h13-15,20H,6-12H2,1-5H3/t13-,14-,15+/m1/s1. The van der Waals surface area contributed by atoms with Crippen molar-refractivity contribution >= 4 is 12.1 Å². The molecule has 0 radical (unpaired) electrons. The van der Waals surface area contributed by atoms with Crippen LogP contribution in [0.25, 0.3) is 0 Å². The molecule has 1 aliphatic rings. The summed E-state index contributed by atoms with van der Waals surface area (Å²) in [6.45, 7) is 7.62. The van der Waals surface area contributed by atoms with E-state index >= 15 is 0 Å². The lowest BCUT2D eigenvalue weighted by Gasteiger charge is -2.33. The summed E-state index contributed by atoms with van der Waals surface area (Å²) in [5, 5.41) is 10.4. The average molecular weight is 343 g/mol. The van der Waals surface area contributed by atoms with Crippen molar-refractivity contribution in [2.24, 2.45) is 0 Å². The summed E-state index contributed by atoms with van der Waals surface area (Å²) in [7, 11) is 1.36. The second-order valence-electron chi connectivity index (χ2n) is 7.52. The molecule has 1 rings (SSSR count). The molecular weight excluding hydrogens is 310 g/mol. The maximum atomic E-state index is 12.6. The first-order valence-electron chi connectivity index (χ1n) is 8.95. The van der Waals surface area contributed by atoms with Crippen LogP contribution in [0.15, 0.2) is 0 Å². The monoisotopic (exact) mass is 343 g/mol. The van der Waals surface area contributed by atoms with Gasteiger partial charge in [0.2, 0.25) is 0 Å². The summed E-state index contributed by atoms with van der Waals surface area (Å²) in [4.78, 5) is 25.6. The zero-order valence-corrected chi connectivity index (χ0v) is 15.7. The van der Waals surface area contributed by atoms with Crippen molar-refractivity contribution < 1.29 is 24.2 Å². The van der Waals surface area contributed by atoms with Gasteiger partial charge in [0.1, 0.15) is 5.60 Å². The largest absolute Gasteiger partial charge is 0.469 e. The van der Waals surface area contributed by atoms with Crippen LogP contribution in [0, 0.1) is 0 Å². The summed E-state index contributed by atoms with van der Waals surface area (Å²) >= 11 is 0. The topological polar surface area (TPSA) is 76.1 Å². The normalized spacial score (nSPS) is 24.1. The van der Waals surface area contributed by atoms with Crippen LogP contribution in [0.2, 0.25) is 0 Å². The number of rotatable bonds is 7. The second kappa shape index (κ2) is 9.25. The van der Waals surface area contributed by atoms with Gasteiger partial charge in [0.25, 0.3) is 0 Å². The van der Waals surface area contributed by atoms with Crippen LogP contribution in [0.4, 0.5) is 4.79 Å². The van der Waals surface area contributed by atoms with E-state index in [1.54, 1.807) is 4.90 Å². The van der Waals surface area contributed by atoms with E-state index in [0.29, 0.717) is 25.7 Å². The molecule has 0 aromatic heterocycles. The van der Waals surface area contributed by atoms with Crippen molar-refractivity contribution in [1.82, 2.24) is 4.90 Å². The molecule has 1 amide bonds. The molecule has 1 fully saturated rings. The van der Waals surface area contributed by atoms with E-state index < -0.39 is 11.7 Å². The summed E-state index contributed by atoms with van der Waals surface area (Å²) in [5.41, 5.74) is -0.573. The van der Waals surface area contributed by atoms with Crippen molar-refractivity contribution in [3.63, 3.8) is 0 Å².